The number of nitrogens with zero attached hydrogens (tertiary/aromatic N) is 3. The summed E-state index contributed by atoms with van der Waals surface area (Å²) >= 11 is 0. The van der Waals surface area contributed by atoms with Crippen LogP contribution in [0.4, 0.5) is 4.79 Å². The Morgan fingerprint density at radius 1 is 1.33 bits per heavy atom. The van der Waals surface area contributed by atoms with Crippen molar-refractivity contribution in [1.82, 2.24) is 30.5 Å². The van der Waals surface area contributed by atoms with Gasteiger partial charge in [0.2, 0.25) is 5.91 Å². The van der Waals surface area contributed by atoms with E-state index in [1.807, 2.05) is 12.1 Å². The average Bonchev–Trinajstić information content (AvgIpc) is 3.00. The van der Waals surface area contributed by atoms with Gasteiger partial charge in [-0.2, -0.15) is 0 Å². The number of rotatable bonds is 4. The lowest BCUT2D eigenvalue weighted by Crippen LogP contribution is -2.36. The average molecular weight is 288 g/mol. The van der Waals surface area contributed by atoms with Gasteiger partial charge in [0.15, 0.2) is 11.5 Å². The van der Waals surface area contributed by atoms with Gasteiger partial charge in [-0.1, -0.05) is 6.07 Å². The van der Waals surface area contributed by atoms with Gasteiger partial charge in [-0.05, 0) is 12.1 Å². The largest absolute Gasteiger partial charge is 0.349 e. The topological polar surface area (TPSA) is 117 Å². The van der Waals surface area contributed by atoms with E-state index in [4.69, 9.17) is 0 Å². The molecule has 1 unspecified atom stereocenters. The van der Waals surface area contributed by atoms with Gasteiger partial charge in [0.25, 0.3) is 5.91 Å². The van der Waals surface area contributed by atoms with E-state index in [-0.39, 0.29) is 18.9 Å². The molecule has 0 radical (unpaired) electrons. The summed E-state index contributed by atoms with van der Waals surface area (Å²) in [5.74, 6) is -0.271. The third-order valence-electron chi connectivity index (χ3n) is 3.08. The summed E-state index contributed by atoms with van der Waals surface area (Å²) in [7, 11) is 0. The molecule has 0 saturated carbocycles. The minimum Gasteiger partial charge on any atom is -0.349 e. The van der Waals surface area contributed by atoms with Crippen molar-refractivity contribution in [3.63, 3.8) is 0 Å². The minimum atomic E-state index is -0.826. The lowest BCUT2D eigenvalue weighted by molar-refractivity contribution is -0.126. The van der Waals surface area contributed by atoms with E-state index in [2.05, 4.69) is 26.1 Å². The Morgan fingerprint density at radius 2 is 2.19 bits per heavy atom. The normalized spacial score (nSPS) is 17.6. The van der Waals surface area contributed by atoms with Crippen LogP contribution in [-0.2, 0) is 16.1 Å². The third-order valence-corrected chi connectivity index (χ3v) is 3.08. The molecule has 2 aromatic rings. The van der Waals surface area contributed by atoms with Crippen LogP contribution in [0.5, 0.6) is 0 Å². The highest BCUT2D eigenvalue weighted by molar-refractivity contribution is 6.05. The molecule has 0 spiro atoms. The van der Waals surface area contributed by atoms with Gasteiger partial charge in [-0.15, -0.1) is 10.2 Å². The number of imide groups is 1. The molecule has 108 valence electrons. The van der Waals surface area contributed by atoms with E-state index in [0.29, 0.717) is 11.5 Å². The molecule has 1 fully saturated rings. The van der Waals surface area contributed by atoms with E-state index in [1.165, 1.54) is 0 Å². The summed E-state index contributed by atoms with van der Waals surface area (Å²) in [4.78, 5) is 34.0. The number of carbonyl (C=O) groups excluding carboxylic acids is 3. The fourth-order valence-corrected chi connectivity index (χ4v) is 2.05. The van der Waals surface area contributed by atoms with Crippen LogP contribution in [0.3, 0.4) is 0 Å². The molecule has 0 bridgehead atoms. The van der Waals surface area contributed by atoms with E-state index in [1.54, 1.807) is 16.7 Å². The number of pyridine rings is 1. The van der Waals surface area contributed by atoms with E-state index in [0.717, 1.165) is 0 Å². The second-order valence-electron chi connectivity index (χ2n) is 4.54. The molecule has 3 heterocycles. The molecule has 1 saturated heterocycles. The van der Waals surface area contributed by atoms with Crippen LogP contribution < -0.4 is 16.0 Å². The van der Waals surface area contributed by atoms with Gasteiger partial charge in [-0.3, -0.25) is 19.3 Å². The lowest BCUT2D eigenvalue weighted by Gasteiger charge is -2.07. The maximum atomic E-state index is 11.8. The second-order valence-corrected chi connectivity index (χ2v) is 4.54. The Bertz CT molecular complexity index is 725. The molecule has 0 aromatic carbocycles. The summed E-state index contributed by atoms with van der Waals surface area (Å²) in [6, 6.07) is 4.07. The molecule has 9 heteroatoms. The van der Waals surface area contributed by atoms with Crippen LogP contribution >= 0.6 is 0 Å². The molecular weight excluding hydrogens is 276 g/mol. The van der Waals surface area contributed by atoms with Crippen molar-refractivity contribution < 1.29 is 14.4 Å². The van der Waals surface area contributed by atoms with Crippen LogP contribution in [0.2, 0.25) is 0 Å². The Morgan fingerprint density at radius 3 is 2.95 bits per heavy atom. The molecule has 9 nitrogen and oxygen atoms in total. The number of hydrogen-bond acceptors (Lipinski definition) is 5. The Labute approximate surface area is 118 Å². The number of fused-ring (bicyclic) bond motifs is 1. The minimum absolute atomic E-state index is 0.117. The Kier molecular flexibility index (Phi) is 3.22. The van der Waals surface area contributed by atoms with E-state index >= 15 is 0 Å². The zero-order valence-corrected chi connectivity index (χ0v) is 10.9. The van der Waals surface area contributed by atoms with Gasteiger partial charge in [0, 0.05) is 6.20 Å². The van der Waals surface area contributed by atoms with Crippen molar-refractivity contribution in [3.8, 4) is 0 Å². The smallest absolute Gasteiger partial charge is 0.322 e. The number of urea groups is 1. The van der Waals surface area contributed by atoms with Crippen molar-refractivity contribution in [2.45, 2.75) is 19.0 Å². The number of amides is 4. The fraction of sp³-hybridized carbons (Fsp3) is 0.250. The Balaban J connectivity index is 1.59. The molecular formula is C12H12N6O3. The Hall–Kier alpha value is -2.97. The number of nitrogens with one attached hydrogen (secondary N) is 3. The highest BCUT2D eigenvalue weighted by Crippen LogP contribution is 2.03. The summed E-state index contributed by atoms with van der Waals surface area (Å²) in [6.45, 7) is 0.187. The highest BCUT2D eigenvalue weighted by Gasteiger charge is 2.31. The number of aromatic nitrogens is 3. The maximum absolute atomic E-state index is 11.8. The first kappa shape index (κ1) is 13.0. The predicted molar refractivity (Wildman–Crippen MR) is 69.9 cm³/mol. The van der Waals surface area contributed by atoms with Crippen LogP contribution in [0, 0.1) is 0 Å². The first-order chi connectivity index (χ1) is 10.1. The molecule has 4 amide bonds. The van der Waals surface area contributed by atoms with Crippen molar-refractivity contribution in [3.05, 3.63) is 30.2 Å². The van der Waals surface area contributed by atoms with Crippen LogP contribution in [0.15, 0.2) is 24.4 Å². The van der Waals surface area contributed by atoms with Crippen LogP contribution in [0.25, 0.3) is 5.65 Å². The highest BCUT2D eigenvalue weighted by atomic mass is 16.2. The molecule has 3 N–H and O–H groups in total. The molecule has 3 rings (SSSR count). The first-order valence-electron chi connectivity index (χ1n) is 6.30. The molecule has 2 aromatic heterocycles. The van der Waals surface area contributed by atoms with Gasteiger partial charge in [0.05, 0.1) is 13.0 Å². The molecule has 1 atom stereocenters. The zero-order chi connectivity index (χ0) is 14.8. The summed E-state index contributed by atoms with van der Waals surface area (Å²) < 4.78 is 1.75. The summed E-state index contributed by atoms with van der Waals surface area (Å²) in [6.07, 6.45) is 1.68. The quantitative estimate of drug-likeness (QED) is 0.620. The van der Waals surface area contributed by atoms with Crippen molar-refractivity contribution in [1.29, 1.82) is 0 Å². The fourth-order valence-electron chi connectivity index (χ4n) is 2.05. The molecule has 1 aliphatic rings. The van der Waals surface area contributed by atoms with Gasteiger partial charge in [-0.25, -0.2) is 4.79 Å². The van der Waals surface area contributed by atoms with Crippen LogP contribution in [-0.4, -0.2) is 38.5 Å². The predicted octanol–water partition coefficient (Wildman–Crippen LogP) is -1.06. The lowest BCUT2D eigenvalue weighted by atomic mass is 10.2. The molecule has 1 aliphatic heterocycles. The summed E-state index contributed by atoms with van der Waals surface area (Å²) in [5, 5.41) is 15.0. The van der Waals surface area contributed by atoms with Crippen LogP contribution in [0.1, 0.15) is 12.2 Å². The SMILES string of the molecule is O=C(CC1NC(=O)NC1=O)NCc1nnc2ccccn12. The molecule has 0 aliphatic carbocycles. The maximum Gasteiger partial charge on any atom is 0.322 e. The monoisotopic (exact) mass is 288 g/mol. The van der Waals surface area contributed by atoms with Crippen molar-refractivity contribution >= 4 is 23.5 Å². The number of carbonyl (C=O) groups is 3. The second kappa shape index (κ2) is 5.19. The van der Waals surface area contributed by atoms with Gasteiger partial charge in [0.1, 0.15) is 6.04 Å². The van der Waals surface area contributed by atoms with Crippen molar-refractivity contribution in [2.24, 2.45) is 0 Å². The molecule has 21 heavy (non-hydrogen) atoms. The number of hydrogen-bond donors (Lipinski definition) is 3. The standard InChI is InChI=1S/C12H12N6O3/c19-10(5-7-11(20)15-12(21)14-7)13-6-9-17-16-8-3-1-2-4-18(8)9/h1-4,7H,5-6H2,(H,13,19)(H2,14,15,20,21). The van der Waals surface area contributed by atoms with Gasteiger partial charge < -0.3 is 10.6 Å². The van der Waals surface area contributed by atoms with Crippen molar-refractivity contribution in [2.75, 3.05) is 0 Å². The zero-order valence-electron chi connectivity index (χ0n) is 10.9. The summed E-state index contributed by atoms with van der Waals surface area (Å²) in [5.41, 5.74) is 0.684. The van der Waals surface area contributed by atoms with E-state index < -0.39 is 18.0 Å². The van der Waals surface area contributed by atoms with Gasteiger partial charge >= 0.3 is 6.03 Å². The first-order valence-corrected chi connectivity index (χ1v) is 6.30. The third kappa shape index (κ3) is 2.66. The van der Waals surface area contributed by atoms with E-state index in [9.17, 15) is 14.4 Å².